The van der Waals surface area contributed by atoms with E-state index in [1.54, 1.807) is 7.11 Å². The maximum absolute atomic E-state index is 6.52. The first-order chi connectivity index (χ1) is 14.9. The van der Waals surface area contributed by atoms with Crippen LogP contribution < -0.4 is 0 Å². The minimum Gasteiger partial charge on any atom is -0.407 e. The van der Waals surface area contributed by atoms with Gasteiger partial charge < -0.3 is 28.1 Å². The summed E-state index contributed by atoms with van der Waals surface area (Å²) < 4.78 is 37.3. The average Bonchev–Trinajstić information content (AvgIpc) is 2.78. The highest BCUT2D eigenvalue weighted by molar-refractivity contribution is 6.69. The quantitative estimate of drug-likeness (QED) is 0.594. The zero-order valence-electron chi connectivity index (χ0n) is 18.6. The molecule has 0 bridgehead atoms. The Morgan fingerprint density at radius 3 is 2.23 bits per heavy atom. The van der Waals surface area contributed by atoms with Crippen molar-refractivity contribution in [1.29, 1.82) is 0 Å². The molecule has 6 atom stereocenters. The van der Waals surface area contributed by atoms with Crippen molar-refractivity contribution >= 4 is 8.32 Å². The molecule has 0 amide bonds. The number of hydrogen-bond donors (Lipinski definition) is 0. The second-order valence-electron chi connectivity index (χ2n) is 8.91. The smallest absolute Gasteiger partial charge is 0.185 e. The molecule has 2 saturated heterocycles. The fourth-order valence-corrected chi connectivity index (χ4v) is 5.07. The van der Waals surface area contributed by atoms with E-state index in [2.05, 4.69) is 31.8 Å². The molecule has 2 heterocycles. The van der Waals surface area contributed by atoms with Crippen molar-refractivity contribution in [3.63, 3.8) is 0 Å². The first kappa shape index (κ1) is 22.6. The molecular weight excluding hydrogens is 412 g/mol. The van der Waals surface area contributed by atoms with E-state index >= 15 is 0 Å². The molecule has 0 saturated carbocycles. The summed E-state index contributed by atoms with van der Waals surface area (Å²) in [5.74, 6) is 0. The number of fused-ring (bicyclic) bond motifs is 1. The highest BCUT2D eigenvalue weighted by Crippen LogP contribution is 2.37. The fraction of sp³-hybridized carbons (Fsp3) is 0.500. The number of methoxy groups -OCH3 is 1. The molecule has 2 aromatic rings. The molecule has 2 fully saturated rings. The van der Waals surface area contributed by atoms with Crippen LogP contribution in [0.25, 0.3) is 0 Å². The summed E-state index contributed by atoms with van der Waals surface area (Å²) in [5, 5.41) is 0. The zero-order chi connectivity index (χ0) is 21.8. The van der Waals surface area contributed by atoms with Gasteiger partial charge in [0.1, 0.15) is 24.4 Å². The van der Waals surface area contributed by atoms with Crippen LogP contribution in [0, 0.1) is 0 Å². The summed E-state index contributed by atoms with van der Waals surface area (Å²) in [6.45, 7) is 7.30. The Labute approximate surface area is 185 Å². The lowest BCUT2D eigenvalue weighted by molar-refractivity contribution is -0.361. The zero-order valence-corrected chi connectivity index (χ0v) is 19.6. The van der Waals surface area contributed by atoms with Gasteiger partial charge in [0.15, 0.2) is 20.9 Å². The average molecular weight is 445 g/mol. The molecule has 6 nitrogen and oxygen atoms in total. The molecule has 2 aliphatic heterocycles. The maximum Gasteiger partial charge on any atom is 0.185 e. The summed E-state index contributed by atoms with van der Waals surface area (Å²) in [5.41, 5.74) is 2.07. The molecular formula is C24H32O6Si. The van der Waals surface area contributed by atoms with Crippen LogP contribution in [0.15, 0.2) is 60.7 Å². The predicted octanol–water partition coefficient (Wildman–Crippen LogP) is 4.28. The number of benzene rings is 2. The van der Waals surface area contributed by atoms with Crippen LogP contribution in [0.5, 0.6) is 0 Å². The van der Waals surface area contributed by atoms with Gasteiger partial charge in [-0.3, -0.25) is 0 Å². The summed E-state index contributed by atoms with van der Waals surface area (Å²) >= 11 is 0. The molecule has 4 unspecified atom stereocenters. The molecule has 2 aliphatic rings. The Bertz CT molecular complexity index is 812. The molecule has 0 radical (unpaired) electrons. The van der Waals surface area contributed by atoms with Crippen molar-refractivity contribution in [2.24, 2.45) is 0 Å². The van der Waals surface area contributed by atoms with Gasteiger partial charge in [0.25, 0.3) is 0 Å². The van der Waals surface area contributed by atoms with Gasteiger partial charge in [-0.25, -0.2) is 0 Å². The van der Waals surface area contributed by atoms with E-state index in [0.29, 0.717) is 13.2 Å². The van der Waals surface area contributed by atoms with E-state index in [1.165, 1.54) is 0 Å². The predicted molar refractivity (Wildman–Crippen MR) is 119 cm³/mol. The summed E-state index contributed by atoms with van der Waals surface area (Å²) in [6.07, 6.45) is -2.40. The molecule has 0 N–H and O–H groups in total. The molecule has 0 aromatic heterocycles. The second-order valence-corrected chi connectivity index (χ2v) is 13.4. The van der Waals surface area contributed by atoms with Gasteiger partial charge >= 0.3 is 0 Å². The number of rotatable bonds is 7. The minimum absolute atomic E-state index is 0.299. The van der Waals surface area contributed by atoms with Gasteiger partial charge in [0, 0.05) is 12.7 Å². The van der Waals surface area contributed by atoms with E-state index < -0.39 is 27.0 Å². The number of ether oxygens (including phenoxy) is 5. The van der Waals surface area contributed by atoms with E-state index in [0.717, 1.165) is 11.1 Å². The van der Waals surface area contributed by atoms with Crippen LogP contribution in [0.4, 0.5) is 0 Å². The molecule has 4 rings (SSSR count). The van der Waals surface area contributed by atoms with Crippen molar-refractivity contribution in [2.75, 3.05) is 13.7 Å². The van der Waals surface area contributed by atoms with Crippen molar-refractivity contribution in [3.05, 3.63) is 71.8 Å². The Balaban J connectivity index is 1.59. The largest absolute Gasteiger partial charge is 0.407 e. The normalized spacial score (nSPS) is 31.2. The summed E-state index contributed by atoms with van der Waals surface area (Å²) in [6, 6.07) is 20.1. The van der Waals surface area contributed by atoms with Crippen LogP contribution >= 0.6 is 0 Å². The third-order valence-electron chi connectivity index (χ3n) is 5.36. The first-order valence-corrected chi connectivity index (χ1v) is 14.2. The van der Waals surface area contributed by atoms with E-state index in [4.69, 9.17) is 28.1 Å². The number of hydrogen-bond acceptors (Lipinski definition) is 6. The first-order valence-electron chi connectivity index (χ1n) is 10.8. The Morgan fingerprint density at radius 2 is 1.58 bits per heavy atom. The van der Waals surface area contributed by atoms with Crippen molar-refractivity contribution in [3.8, 4) is 0 Å². The second kappa shape index (κ2) is 9.91. The van der Waals surface area contributed by atoms with Gasteiger partial charge in [-0.1, -0.05) is 60.7 Å². The van der Waals surface area contributed by atoms with Crippen molar-refractivity contribution in [1.82, 2.24) is 0 Å². The topological polar surface area (TPSA) is 55.4 Å². The van der Waals surface area contributed by atoms with Crippen molar-refractivity contribution in [2.45, 2.75) is 63.2 Å². The minimum atomic E-state index is -1.92. The fourth-order valence-electron chi connectivity index (χ4n) is 4.01. The molecule has 7 heteroatoms. The van der Waals surface area contributed by atoms with Crippen molar-refractivity contribution < 1.29 is 28.1 Å². The van der Waals surface area contributed by atoms with Gasteiger partial charge in [0.2, 0.25) is 0 Å². The van der Waals surface area contributed by atoms with Crippen LogP contribution in [-0.4, -0.2) is 52.7 Å². The lowest BCUT2D eigenvalue weighted by atomic mass is 9.97. The Morgan fingerprint density at radius 1 is 0.903 bits per heavy atom. The monoisotopic (exact) mass is 444 g/mol. The maximum atomic E-state index is 6.52. The highest BCUT2D eigenvalue weighted by atomic mass is 28.4. The summed E-state index contributed by atoms with van der Waals surface area (Å²) in [7, 11) is -0.281. The highest BCUT2D eigenvalue weighted by Gasteiger charge is 2.52. The SMILES string of the molecule is CO[C@H]1OC2COC(c3ccccc3)O[C@H]2C(OCc2ccccc2)C1O[Si](C)(C)C. The van der Waals surface area contributed by atoms with Gasteiger partial charge in [0.05, 0.1) is 13.2 Å². The molecule has 2 aromatic carbocycles. The molecule has 0 aliphatic carbocycles. The Hall–Kier alpha value is -1.58. The van der Waals surface area contributed by atoms with E-state index in [1.807, 2.05) is 48.5 Å². The van der Waals surface area contributed by atoms with Gasteiger partial charge in [-0.15, -0.1) is 0 Å². The Kier molecular flexibility index (Phi) is 7.23. The molecule has 0 spiro atoms. The third-order valence-corrected chi connectivity index (χ3v) is 6.34. The van der Waals surface area contributed by atoms with E-state index in [9.17, 15) is 0 Å². The van der Waals surface area contributed by atoms with Crippen LogP contribution in [0.2, 0.25) is 19.6 Å². The van der Waals surface area contributed by atoms with Crippen LogP contribution in [0.1, 0.15) is 17.4 Å². The standard InChI is InChI=1S/C24H32O6Si/c1-25-24-22(30-31(2,3)4)21(26-15-17-11-7-5-8-12-17)20-19(28-24)16-27-23(29-20)18-13-9-6-10-14-18/h5-14,19-24H,15-16H2,1-4H3/t19?,20-,21?,22?,23?,24+/m1/s1. The van der Waals surface area contributed by atoms with Gasteiger partial charge in [-0.05, 0) is 25.2 Å². The van der Waals surface area contributed by atoms with Crippen LogP contribution in [0.3, 0.4) is 0 Å². The third kappa shape index (κ3) is 5.62. The van der Waals surface area contributed by atoms with Crippen LogP contribution in [-0.2, 0) is 34.7 Å². The molecule has 168 valence electrons. The van der Waals surface area contributed by atoms with E-state index in [-0.39, 0.29) is 18.3 Å². The van der Waals surface area contributed by atoms with Gasteiger partial charge in [-0.2, -0.15) is 0 Å². The molecule has 31 heavy (non-hydrogen) atoms. The summed E-state index contributed by atoms with van der Waals surface area (Å²) in [4.78, 5) is 0. The lowest BCUT2D eigenvalue weighted by Gasteiger charge is -2.50. The lowest BCUT2D eigenvalue weighted by Crippen LogP contribution is -2.64.